The maximum absolute atomic E-state index is 11.1. The molecule has 19 heavy (non-hydrogen) atoms. The normalized spacial score (nSPS) is 11.8. The van der Waals surface area contributed by atoms with Crippen LogP contribution in [-0.2, 0) is 14.8 Å². The Morgan fingerprint density at radius 3 is 2.53 bits per heavy atom. The molecule has 0 atom stereocenters. The summed E-state index contributed by atoms with van der Waals surface area (Å²) in [5, 5.41) is 4.25. The molecule has 8 heteroatoms. The Morgan fingerprint density at radius 2 is 1.95 bits per heavy atom. The predicted octanol–water partition coefficient (Wildman–Crippen LogP) is 1.66. The van der Waals surface area contributed by atoms with Crippen molar-refractivity contribution in [2.24, 2.45) is 0 Å². The van der Waals surface area contributed by atoms with E-state index in [0.717, 1.165) is 5.69 Å². The first kappa shape index (κ1) is 14.0. The van der Waals surface area contributed by atoms with E-state index in [1.807, 2.05) is 6.92 Å². The van der Waals surface area contributed by atoms with Gasteiger partial charge in [0.2, 0.25) is 9.05 Å². The lowest BCUT2D eigenvalue weighted by atomic mass is 10.3. The van der Waals surface area contributed by atoms with E-state index in [4.69, 9.17) is 10.7 Å². The third-order valence-electron chi connectivity index (χ3n) is 2.52. The molecule has 2 aromatic heterocycles. The van der Waals surface area contributed by atoms with Crippen LogP contribution in [0.25, 0.3) is 5.82 Å². The van der Waals surface area contributed by atoms with Gasteiger partial charge in [-0.15, -0.1) is 0 Å². The van der Waals surface area contributed by atoms with Gasteiger partial charge in [-0.2, -0.15) is 5.10 Å². The van der Waals surface area contributed by atoms with E-state index in [0.29, 0.717) is 22.9 Å². The zero-order chi connectivity index (χ0) is 14.2. The lowest BCUT2D eigenvalue weighted by Gasteiger charge is -2.02. The maximum Gasteiger partial charge on any atom is 0.236 e. The van der Waals surface area contributed by atoms with E-state index in [-0.39, 0.29) is 5.75 Å². The fourth-order valence-electron chi connectivity index (χ4n) is 1.76. The summed E-state index contributed by atoms with van der Waals surface area (Å²) >= 11 is 0. The van der Waals surface area contributed by atoms with Gasteiger partial charge in [0.25, 0.3) is 0 Å². The summed E-state index contributed by atoms with van der Waals surface area (Å²) in [4.78, 5) is 8.44. The minimum absolute atomic E-state index is 0.247. The average molecular weight is 301 g/mol. The van der Waals surface area contributed by atoms with E-state index in [9.17, 15) is 8.42 Å². The van der Waals surface area contributed by atoms with Crippen molar-refractivity contribution in [2.75, 3.05) is 0 Å². The monoisotopic (exact) mass is 300 g/mol. The number of nitrogens with zero attached hydrogens (tertiary/aromatic N) is 4. The molecule has 6 nitrogen and oxygen atoms in total. The molecule has 0 spiro atoms. The van der Waals surface area contributed by atoms with Crippen LogP contribution in [0.2, 0.25) is 0 Å². The van der Waals surface area contributed by atoms with Gasteiger partial charge in [-0.1, -0.05) is 0 Å². The highest BCUT2D eigenvalue weighted by Crippen LogP contribution is 2.15. The van der Waals surface area contributed by atoms with E-state index in [1.165, 1.54) is 4.68 Å². The Morgan fingerprint density at radius 1 is 1.26 bits per heavy atom. The molecule has 0 N–H and O–H groups in total. The lowest BCUT2D eigenvalue weighted by Crippen LogP contribution is -2.02. The molecule has 0 fully saturated rings. The smallest absolute Gasteiger partial charge is 0.236 e. The number of rotatable bonds is 3. The largest absolute Gasteiger partial charge is 0.238 e. The van der Waals surface area contributed by atoms with Crippen LogP contribution in [0.5, 0.6) is 0 Å². The molecule has 0 amide bonds. The summed E-state index contributed by atoms with van der Waals surface area (Å²) in [7, 11) is 1.66. The van der Waals surface area contributed by atoms with Crippen molar-refractivity contribution in [3.8, 4) is 5.82 Å². The quantitative estimate of drug-likeness (QED) is 0.806. The van der Waals surface area contributed by atoms with Gasteiger partial charge in [0, 0.05) is 34.2 Å². The molecule has 0 aliphatic heterocycles. The van der Waals surface area contributed by atoms with Crippen LogP contribution in [0.1, 0.15) is 22.8 Å². The third kappa shape index (κ3) is 3.51. The van der Waals surface area contributed by atoms with Crippen molar-refractivity contribution >= 4 is 19.7 Å². The molecular weight excluding hydrogens is 288 g/mol. The average Bonchev–Trinajstić information content (AvgIpc) is 2.56. The lowest BCUT2D eigenvalue weighted by molar-refractivity contribution is 0.608. The second-order valence-corrected chi connectivity index (χ2v) is 7.06. The van der Waals surface area contributed by atoms with Crippen molar-refractivity contribution in [3.05, 3.63) is 35.0 Å². The van der Waals surface area contributed by atoms with E-state index in [1.54, 1.807) is 26.1 Å². The first-order valence-corrected chi connectivity index (χ1v) is 8.02. The summed E-state index contributed by atoms with van der Waals surface area (Å²) in [6.45, 7) is 5.38. The van der Waals surface area contributed by atoms with Crippen LogP contribution in [0.3, 0.4) is 0 Å². The fourth-order valence-corrected chi connectivity index (χ4v) is 2.76. The summed E-state index contributed by atoms with van der Waals surface area (Å²) in [6.07, 6.45) is 1.62. The topological polar surface area (TPSA) is 77.7 Å². The summed E-state index contributed by atoms with van der Waals surface area (Å²) < 4.78 is 23.8. The highest BCUT2D eigenvalue weighted by atomic mass is 35.7. The van der Waals surface area contributed by atoms with Crippen LogP contribution in [0, 0.1) is 20.8 Å². The molecule has 0 bridgehead atoms. The molecule has 2 rings (SSSR count). The van der Waals surface area contributed by atoms with Gasteiger partial charge in [0.15, 0.2) is 5.82 Å². The number of aromatic nitrogens is 4. The van der Waals surface area contributed by atoms with E-state index >= 15 is 0 Å². The summed E-state index contributed by atoms with van der Waals surface area (Å²) in [5.41, 5.74) is 1.99. The minimum Gasteiger partial charge on any atom is -0.238 e. The van der Waals surface area contributed by atoms with E-state index in [2.05, 4.69) is 15.1 Å². The number of hydrogen-bond acceptors (Lipinski definition) is 5. The Bertz CT molecular complexity index is 704. The van der Waals surface area contributed by atoms with Crippen LogP contribution < -0.4 is 0 Å². The number of aryl methyl sites for hydroxylation is 3. The van der Waals surface area contributed by atoms with Crippen molar-refractivity contribution in [2.45, 2.75) is 26.5 Å². The Balaban J connectivity index is 2.44. The first-order valence-electron chi connectivity index (χ1n) is 5.55. The molecule has 0 aromatic carbocycles. The predicted molar refractivity (Wildman–Crippen MR) is 71.8 cm³/mol. The molecule has 0 saturated heterocycles. The van der Waals surface area contributed by atoms with Gasteiger partial charge in [-0.3, -0.25) is 0 Å². The Labute approximate surface area is 115 Å². The highest BCUT2D eigenvalue weighted by molar-refractivity contribution is 8.13. The van der Waals surface area contributed by atoms with Gasteiger partial charge in [0.1, 0.15) is 5.82 Å². The van der Waals surface area contributed by atoms with E-state index < -0.39 is 9.05 Å². The molecule has 102 valence electrons. The second kappa shape index (κ2) is 4.90. The van der Waals surface area contributed by atoms with Crippen LogP contribution >= 0.6 is 10.7 Å². The van der Waals surface area contributed by atoms with Crippen molar-refractivity contribution in [1.29, 1.82) is 0 Å². The highest BCUT2D eigenvalue weighted by Gasteiger charge is 2.14. The number of hydrogen-bond donors (Lipinski definition) is 0. The molecule has 2 aromatic rings. The minimum atomic E-state index is -3.60. The molecule has 0 radical (unpaired) electrons. The van der Waals surface area contributed by atoms with Gasteiger partial charge in [-0.25, -0.2) is 23.1 Å². The van der Waals surface area contributed by atoms with Crippen molar-refractivity contribution in [3.63, 3.8) is 0 Å². The van der Waals surface area contributed by atoms with Gasteiger partial charge in [-0.05, 0) is 20.8 Å². The van der Waals surface area contributed by atoms with Crippen LogP contribution in [0.15, 0.2) is 12.3 Å². The first-order chi connectivity index (χ1) is 8.74. The Kier molecular flexibility index (Phi) is 3.60. The molecule has 0 aliphatic rings. The van der Waals surface area contributed by atoms with Crippen molar-refractivity contribution < 1.29 is 8.42 Å². The summed E-state index contributed by atoms with van der Waals surface area (Å²) in [5.74, 6) is 0.990. The molecular formula is C11H13ClN4O2S. The zero-order valence-electron chi connectivity index (χ0n) is 10.8. The third-order valence-corrected chi connectivity index (χ3v) is 3.50. The molecule has 0 aliphatic carbocycles. The van der Waals surface area contributed by atoms with Gasteiger partial charge in [0.05, 0.1) is 11.4 Å². The van der Waals surface area contributed by atoms with Crippen LogP contribution in [-0.4, -0.2) is 28.2 Å². The maximum atomic E-state index is 11.1. The fraction of sp³-hybridized carbons (Fsp3) is 0.364. The number of halogens is 1. The molecule has 0 saturated carbocycles. The van der Waals surface area contributed by atoms with Gasteiger partial charge < -0.3 is 0 Å². The second-order valence-electron chi connectivity index (χ2n) is 4.28. The SMILES string of the molecule is Cc1cc(-n2cc(CS(=O)(=O)Cl)c(C)n2)nc(C)n1. The van der Waals surface area contributed by atoms with Gasteiger partial charge >= 0.3 is 0 Å². The van der Waals surface area contributed by atoms with Crippen molar-refractivity contribution in [1.82, 2.24) is 19.7 Å². The standard InChI is InChI=1S/C11H13ClN4O2S/c1-7-4-11(14-9(3)13-7)16-5-10(8(2)15-16)6-19(12,17)18/h4-5H,6H2,1-3H3. The molecule has 0 unspecified atom stereocenters. The van der Waals surface area contributed by atoms with Crippen LogP contribution in [0.4, 0.5) is 0 Å². The molecule has 2 heterocycles. The zero-order valence-corrected chi connectivity index (χ0v) is 12.3. The Hall–Kier alpha value is -1.47. The summed E-state index contributed by atoms with van der Waals surface area (Å²) in [6, 6.07) is 1.78.